The summed E-state index contributed by atoms with van der Waals surface area (Å²) < 4.78 is 13.5. The summed E-state index contributed by atoms with van der Waals surface area (Å²) in [5, 5.41) is 9.79. The molecule has 100 heavy (non-hydrogen) atoms. The summed E-state index contributed by atoms with van der Waals surface area (Å²) in [6, 6.07) is 119. The molecule has 0 saturated heterocycles. The van der Waals surface area contributed by atoms with Crippen molar-refractivity contribution in [2.75, 3.05) is 0 Å². The molecule has 0 N–H and O–H groups in total. The van der Waals surface area contributed by atoms with E-state index in [1.54, 1.807) is 0 Å². The van der Waals surface area contributed by atoms with Crippen LogP contribution in [-0.4, -0.2) is 39.0 Å². The van der Waals surface area contributed by atoms with Crippen molar-refractivity contribution in [3.63, 3.8) is 0 Å². The number of para-hydroxylation sites is 3. The summed E-state index contributed by atoms with van der Waals surface area (Å²) in [4.78, 5) is 29.4. The van der Waals surface area contributed by atoms with Gasteiger partial charge in [0.2, 0.25) is 0 Å². The highest BCUT2D eigenvalue weighted by Gasteiger charge is 2.20. The Morgan fingerprint density at radius 2 is 0.510 bits per heavy atom. The van der Waals surface area contributed by atoms with Gasteiger partial charge in [-0.1, -0.05) is 224 Å². The third-order valence-corrected chi connectivity index (χ3v) is 20.1. The highest BCUT2D eigenvalue weighted by Crippen LogP contribution is 2.42. The minimum atomic E-state index is 0.637. The van der Waals surface area contributed by atoms with Gasteiger partial charge in [-0.05, 0) is 138 Å². The third-order valence-electron chi connectivity index (χ3n) is 18.9. The second-order valence-electron chi connectivity index (χ2n) is 25.0. The molecular formula is C90H56N8OS. The van der Waals surface area contributed by atoms with E-state index in [9.17, 15) is 0 Å². The highest BCUT2D eigenvalue weighted by molar-refractivity contribution is 7.25. The number of aromatic nitrogens is 8. The minimum absolute atomic E-state index is 0.637. The minimum Gasteiger partial charge on any atom is -0.456 e. The molecule has 6 aromatic heterocycles. The maximum Gasteiger partial charge on any atom is 0.164 e. The van der Waals surface area contributed by atoms with Gasteiger partial charge in [-0.25, -0.2) is 29.9 Å². The largest absolute Gasteiger partial charge is 0.456 e. The zero-order valence-corrected chi connectivity index (χ0v) is 54.5. The first kappa shape index (κ1) is 58.1. The summed E-state index contributed by atoms with van der Waals surface area (Å²) in [5.41, 5.74) is 19.0. The molecule has 468 valence electrons. The fourth-order valence-electron chi connectivity index (χ4n) is 14.1. The summed E-state index contributed by atoms with van der Waals surface area (Å²) in [6.45, 7) is 0. The van der Waals surface area contributed by atoms with Gasteiger partial charge in [-0.2, -0.15) is 0 Å². The highest BCUT2D eigenvalue weighted by atomic mass is 32.1. The molecule has 6 heterocycles. The fourth-order valence-corrected chi connectivity index (χ4v) is 15.2. The number of furan rings is 1. The lowest BCUT2D eigenvalue weighted by atomic mass is 10.0. The van der Waals surface area contributed by atoms with Crippen LogP contribution in [0.4, 0.5) is 0 Å². The molecule has 0 saturated carbocycles. The molecule has 0 amide bonds. The lowest BCUT2D eigenvalue weighted by Crippen LogP contribution is -2.00. The molecular weight excluding hydrogens is 1240 g/mol. The molecule has 20 aromatic rings. The monoisotopic (exact) mass is 1300 g/mol. The zero-order valence-electron chi connectivity index (χ0n) is 53.7. The van der Waals surface area contributed by atoms with Crippen molar-refractivity contribution < 1.29 is 4.42 Å². The Labute approximate surface area is 578 Å². The van der Waals surface area contributed by atoms with Crippen molar-refractivity contribution >= 4 is 97.1 Å². The van der Waals surface area contributed by atoms with Crippen molar-refractivity contribution in [2.24, 2.45) is 0 Å². The van der Waals surface area contributed by atoms with Crippen molar-refractivity contribution in [3.05, 3.63) is 340 Å². The van der Waals surface area contributed by atoms with Crippen LogP contribution < -0.4 is 0 Å². The van der Waals surface area contributed by atoms with Gasteiger partial charge in [0.1, 0.15) is 11.2 Å². The van der Waals surface area contributed by atoms with Gasteiger partial charge in [0.05, 0.1) is 22.1 Å². The first-order valence-corrected chi connectivity index (χ1v) is 34.2. The zero-order chi connectivity index (χ0) is 66.0. The van der Waals surface area contributed by atoms with Crippen LogP contribution in [0.15, 0.2) is 344 Å². The van der Waals surface area contributed by atoms with Gasteiger partial charge >= 0.3 is 0 Å². The average molecular weight is 1300 g/mol. The van der Waals surface area contributed by atoms with E-state index in [2.05, 4.69) is 215 Å². The van der Waals surface area contributed by atoms with Gasteiger partial charge in [-0.15, -0.1) is 11.3 Å². The van der Waals surface area contributed by atoms with Gasteiger partial charge in [0, 0.05) is 97.2 Å². The van der Waals surface area contributed by atoms with Crippen molar-refractivity contribution in [3.8, 4) is 102 Å². The predicted molar refractivity (Wildman–Crippen MR) is 412 cm³/mol. The molecule has 10 heteroatoms. The molecule has 0 unspecified atom stereocenters. The normalized spacial score (nSPS) is 11.6. The lowest BCUT2D eigenvalue weighted by molar-refractivity contribution is 0.669. The average Bonchev–Trinajstić information content (AvgIpc) is 1.59. The summed E-state index contributed by atoms with van der Waals surface area (Å²) in [6.07, 6.45) is 0. The topological polar surface area (TPSA) is 100 Å². The van der Waals surface area contributed by atoms with E-state index < -0.39 is 0 Å². The van der Waals surface area contributed by atoms with Crippen LogP contribution in [0.5, 0.6) is 0 Å². The molecule has 0 aliphatic heterocycles. The van der Waals surface area contributed by atoms with Gasteiger partial charge in [0.25, 0.3) is 0 Å². The van der Waals surface area contributed by atoms with Crippen LogP contribution in [0.2, 0.25) is 0 Å². The van der Waals surface area contributed by atoms with Crippen LogP contribution in [0, 0.1) is 0 Å². The first-order chi connectivity index (χ1) is 49.5. The van der Waals surface area contributed by atoms with Gasteiger partial charge in [-0.3, -0.25) is 0 Å². The second kappa shape index (κ2) is 24.4. The van der Waals surface area contributed by atoms with Crippen molar-refractivity contribution in [1.82, 2.24) is 39.0 Å². The van der Waals surface area contributed by atoms with E-state index in [1.807, 2.05) is 145 Å². The molecule has 9 nitrogen and oxygen atoms in total. The molecule has 0 aliphatic rings. The third kappa shape index (κ3) is 10.4. The number of hydrogen-bond donors (Lipinski definition) is 0. The van der Waals surface area contributed by atoms with E-state index in [0.29, 0.717) is 34.9 Å². The van der Waals surface area contributed by atoms with E-state index in [-0.39, 0.29) is 0 Å². The molecule has 14 aromatic carbocycles. The molecule has 0 atom stereocenters. The lowest BCUT2D eigenvalue weighted by Gasteiger charge is -2.11. The summed E-state index contributed by atoms with van der Waals surface area (Å²) >= 11 is 1.86. The molecule has 20 rings (SSSR count). The number of nitrogens with zero attached hydrogens (tertiary/aromatic N) is 8. The maximum atomic E-state index is 6.22. The van der Waals surface area contributed by atoms with E-state index in [0.717, 1.165) is 88.9 Å². The summed E-state index contributed by atoms with van der Waals surface area (Å²) in [5.74, 6) is 3.89. The Bertz CT molecular complexity index is 5990. The quantitative estimate of drug-likeness (QED) is 0.134. The number of benzene rings is 14. The van der Waals surface area contributed by atoms with Crippen LogP contribution in [0.1, 0.15) is 0 Å². The molecule has 0 aliphatic carbocycles. The van der Waals surface area contributed by atoms with Crippen molar-refractivity contribution in [1.29, 1.82) is 0 Å². The fraction of sp³-hybridized carbons (Fsp3) is 0. The Hall–Kier alpha value is -13.3. The Kier molecular flexibility index (Phi) is 14.2. The Morgan fingerprint density at radius 3 is 0.970 bits per heavy atom. The van der Waals surface area contributed by atoms with E-state index >= 15 is 0 Å². The van der Waals surface area contributed by atoms with Crippen LogP contribution in [0.3, 0.4) is 0 Å². The van der Waals surface area contributed by atoms with Crippen LogP contribution in [-0.2, 0) is 0 Å². The van der Waals surface area contributed by atoms with Gasteiger partial charge in [0.15, 0.2) is 34.9 Å². The van der Waals surface area contributed by atoms with Crippen LogP contribution in [0.25, 0.3) is 188 Å². The first-order valence-electron chi connectivity index (χ1n) is 33.4. The molecule has 0 bridgehead atoms. The van der Waals surface area contributed by atoms with Crippen molar-refractivity contribution in [2.45, 2.75) is 0 Å². The number of rotatable bonds is 10. The Morgan fingerprint density at radius 1 is 0.200 bits per heavy atom. The smallest absolute Gasteiger partial charge is 0.164 e. The number of hydrogen-bond acceptors (Lipinski definition) is 8. The second-order valence-corrected chi connectivity index (χ2v) is 26.0. The molecule has 0 fully saturated rings. The summed E-state index contributed by atoms with van der Waals surface area (Å²) in [7, 11) is 0. The molecule has 0 radical (unpaired) electrons. The number of thiophene rings is 1. The molecule has 0 spiro atoms. The maximum absolute atomic E-state index is 6.22. The van der Waals surface area contributed by atoms with E-state index in [4.69, 9.17) is 34.3 Å². The van der Waals surface area contributed by atoms with Crippen LogP contribution >= 0.6 is 11.3 Å². The standard InChI is InChI=1S/C45H28N4O.C45H28N4S/c2*1-3-11-29(12-4-1)43-46-44(30-13-5-2-6-14-30)48-45(47-43)31-19-23-34(24-20-31)49-39-17-9-7-15-35(39)38-27-32(22-26-40(38)49)33-21-25-37-36-16-8-10-18-41(36)50-42(37)28-33/h2*1-28H. The predicted octanol–water partition coefficient (Wildman–Crippen LogP) is 23.5. The number of fused-ring (bicyclic) bond motifs is 12. The Balaban J connectivity index is 0.000000139. The SMILES string of the molecule is c1ccc(-c2nc(-c3ccccc3)nc(-c3ccc(-n4c5ccccc5c5cc(-c6ccc7c(c6)oc6ccccc67)ccc54)cc3)n2)cc1.c1ccc(-c2nc(-c3ccccc3)nc(-c3ccc(-n4c5ccccc5c5cc(-c6ccc7c(c6)sc6ccccc67)ccc54)cc3)n2)cc1. The van der Waals surface area contributed by atoms with Gasteiger partial charge < -0.3 is 13.6 Å². The van der Waals surface area contributed by atoms with E-state index in [1.165, 1.54) is 63.9 Å².